The van der Waals surface area contributed by atoms with Gasteiger partial charge in [0.05, 0.1) is 0 Å². The van der Waals surface area contributed by atoms with Crippen LogP contribution in [0.1, 0.15) is 21.5 Å². The molecule has 0 aliphatic carbocycles. The van der Waals surface area contributed by atoms with E-state index in [1.54, 1.807) is 12.4 Å². The zero-order valence-corrected chi connectivity index (χ0v) is 13.7. The van der Waals surface area contributed by atoms with E-state index in [1.165, 1.54) is 0 Å². The van der Waals surface area contributed by atoms with Crippen molar-refractivity contribution in [1.29, 1.82) is 0 Å². The third kappa shape index (κ3) is 2.31. The summed E-state index contributed by atoms with van der Waals surface area (Å²) < 4.78 is 1.82. The Kier molecular flexibility index (Phi) is 3.48. The number of aromatic amines is 1. The second kappa shape index (κ2) is 5.14. The monoisotopic (exact) mass is 392 g/mol. The van der Waals surface area contributed by atoms with E-state index in [0.29, 0.717) is 16.8 Å². The number of fused-ring (bicyclic) bond motifs is 1. The molecule has 0 spiro atoms. The van der Waals surface area contributed by atoms with Crippen molar-refractivity contribution in [3.63, 3.8) is 0 Å². The number of pyridine rings is 1. The van der Waals surface area contributed by atoms with Gasteiger partial charge >= 0.3 is 0 Å². The lowest BCUT2D eigenvalue weighted by atomic mass is 9.99. The quantitative estimate of drug-likeness (QED) is 0.645. The highest BCUT2D eigenvalue weighted by molar-refractivity contribution is 9.10. The first-order valence-electron chi connectivity index (χ1n) is 6.00. The van der Waals surface area contributed by atoms with Gasteiger partial charge in [0.15, 0.2) is 5.78 Å². The second-order valence-corrected chi connectivity index (χ2v) is 6.37. The molecule has 0 radical (unpaired) electrons. The van der Waals surface area contributed by atoms with Crippen molar-refractivity contribution in [1.82, 2.24) is 9.97 Å². The SMILES string of the molecule is Cc1cc(Br)ccc1C(=O)c1c[nH]c2ncc(Br)cc12. The first-order chi connectivity index (χ1) is 9.56. The number of halogens is 2. The standard InChI is InChI=1S/C15H10Br2N2O/c1-8-4-9(16)2-3-11(8)14(20)13-7-19-15-12(13)5-10(17)6-18-15/h2-7H,1H3,(H,18,19). The van der Waals surface area contributed by atoms with E-state index in [0.717, 1.165) is 19.9 Å². The maximum absolute atomic E-state index is 12.7. The molecule has 3 nitrogen and oxygen atoms in total. The summed E-state index contributed by atoms with van der Waals surface area (Å²) in [6.45, 7) is 1.93. The molecule has 20 heavy (non-hydrogen) atoms. The fraction of sp³-hybridized carbons (Fsp3) is 0.0667. The molecule has 1 aromatic carbocycles. The van der Waals surface area contributed by atoms with Crippen LogP contribution in [0.25, 0.3) is 11.0 Å². The molecular formula is C15H10Br2N2O. The Hall–Kier alpha value is -1.46. The number of carbonyl (C=O) groups excluding carboxylic acids is 1. The first kappa shape index (κ1) is 13.5. The largest absolute Gasteiger partial charge is 0.345 e. The Morgan fingerprint density at radius 3 is 2.70 bits per heavy atom. The molecule has 0 bridgehead atoms. The number of H-pyrrole nitrogens is 1. The number of aromatic nitrogens is 2. The Morgan fingerprint density at radius 1 is 1.15 bits per heavy atom. The van der Waals surface area contributed by atoms with E-state index in [2.05, 4.69) is 41.8 Å². The summed E-state index contributed by atoms with van der Waals surface area (Å²) in [5.74, 6) is 0.00106. The molecule has 0 fully saturated rings. The summed E-state index contributed by atoms with van der Waals surface area (Å²) in [4.78, 5) is 20.0. The number of benzene rings is 1. The second-order valence-electron chi connectivity index (χ2n) is 4.54. The van der Waals surface area contributed by atoms with Gasteiger partial charge in [-0.1, -0.05) is 15.9 Å². The minimum Gasteiger partial charge on any atom is -0.345 e. The summed E-state index contributed by atoms with van der Waals surface area (Å²) in [5, 5.41) is 0.826. The molecule has 1 N–H and O–H groups in total. The van der Waals surface area contributed by atoms with E-state index < -0.39 is 0 Å². The number of aryl methyl sites for hydroxylation is 1. The average Bonchev–Trinajstić information content (AvgIpc) is 2.81. The van der Waals surface area contributed by atoms with E-state index in [9.17, 15) is 4.79 Å². The van der Waals surface area contributed by atoms with Crippen molar-refractivity contribution in [3.05, 3.63) is 62.3 Å². The molecule has 0 atom stereocenters. The van der Waals surface area contributed by atoms with Crippen LogP contribution < -0.4 is 0 Å². The smallest absolute Gasteiger partial charge is 0.195 e. The maximum atomic E-state index is 12.7. The summed E-state index contributed by atoms with van der Waals surface area (Å²) in [5.41, 5.74) is 3.00. The normalized spacial score (nSPS) is 10.9. The number of nitrogens with one attached hydrogen (secondary N) is 1. The van der Waals surface area contributed by atoms with Gasteiger partial charge in [-0.05, 0) is 52.7 Å². The average molecular weight is 394 g/mol. The Morgan fingerprint density at radius 2 is 1.95 bits per heavy atom. The number of nitrogens with zero attached hydrogens (tertiary/aromatic N) is 1. The number of ketones is 1. The Balaban J connectivity index is 2.15. The van der Waals surface area contributed by atoms with Crippen LogP contribution in [0.2, 0.25) is 0 Å². The highest BCUT2D eigenvalue weighted by Gasteiger charge is 2.16. The lowest BCUT2D eigenvalue weighted by molar-refractivity contribution is 0.103. The van der Waals surface area contributed by atoms with Gasteiger partial charge in [0, 0.05) is 37.9 Å². The van der Waals surface area contributed by atoms with Crippen molar-refractivity contribution >= 4 is 48.7 Å². The van der Waals surface area contributed by atoms with Gasteiger partial charge in [-0.2, -0.15) is 0 Å². The van der Waals surface area contributed by atoms with E-state index in [-0.39, 0.29) is 5.78 Å². The predicted octanol–water partition coefficient (Wildman–Crippen LogP) is 4.63. The van der Waals surface area contributed by atoms with E-state index in [4.69, 9.17) is 0 Å². The van der Waals surface area contributed by atoms with Gasteiger partial charge < -0.3 is 4.98 Å². The van der Waals surface area contributed by atoms with E-state index >= 15 is 0 Å². The highest BCUT2D eigenvalue weighted by Crippen LogP contribution is 2.25. The maximum Gasteiger partial charge on any atom is 0.195 e. The van der Waals surface area contributed by atoms with Gasteiger partial charge in [0.2, 0.25) is 0 Å². The highest BCUT2D eigenvalue weighted by atomic mass is 79.9. The van der Waals surface area contributed by atoms with Crippen LogP contribution in [0, 0.1) is 6.92 Å². The van der Waals surface area contributed by atoms with Gasteiger partial charge in [-0.25, -0.2) is 4.98 Å². The predicted molar refractivity (Wildman–Crippen MR) is 86.1 cm³/mol. The molecule has 0 amide bonds. The van der Waals surface area contributed by atoms with E-state index in [1.807, 2.05) is 31.2 Å². The zero-order chi connectivity index (χ0) is 14.3. The van der Waals surface area contributed by atoms with Gasteiger partial charge in [-0.3, -0.25) is 4.79 Å². The molecule has 3 aromatic rings. The van der Waals surface area contributed by atoms with Crippen molar-refractivity contribution in [2.75, 3.05) is 0 Å². The molecule has 3 rings (SSSR count). The minimum atomic E-state index is 0.00106. The first-order valence-corrected chi connectivity index (χ1v) is 7.58. The molecular weight excluding hydrogens is 384 g/mol. The van der Waals surface area contributed by atoms with Gasteiger partial charge in [0.1, 0.15) is 5.65 Å². The van der Waals surface area contributed by atoms with Crippen molar-refractivity contribution < 1.29 is 4.79 Å². The van der Waals surface area contributed by atoms with Crippen LogP contribution in [0.5, 0.6) is 0 Å². The van der Waals surface area contributed by atoms with Crippen LogP contribution in [0.4, 0.5) is 0 Å². The van der Waals surface area contributed by atoms with Crippen molar-refractivity contribution in [3.8, 4) is 0 Å². The summed E-state index contributed by atoms with van der Waals surface area (Å²) in [7, 11) is 0. The number of hydrogen-bond acceptors (Lipinski definition) is 2. The van der Waals surface area contributed by atoms with Crippen LogP contribution >= 0.6 is 31.9 Å². The van der Waals surface area contributed by atoms with Crippen molar-refractivity contribution in [2.24, 2.45) is 0 Å². The number of rotatable bonds is 2. The number of carbonyl (C=O) groups is 1. The Bertz CT molecular complexity index is 824. The molecule has 100 valence electrons. The van der Waals surface area contributed by atoms with Crippen LogP contribution in [0.3, 0.4) is 0 Å². The molecule has 0 unspecified atom stereocenters. The lowest BCUT2D eigenvalue weighted by Gasteiger charge is -2.04. The van der Waals surface area contributed by atoms with Crippen LogP contribution in [0.15, 0.2) is 45.6 Å². The summed E-state index contributed by atoms with van der Waals surface area (Å²) in [6, 6.07) is 7.56. The summed E-state index contributed by atoms with van der Waals surface area (Å²) in [6.07, 6.45) is 3.42. The van der Waals surface area contributed by atoms with Crippen molar-refractivity contribution in [2.45, 2.75) is 6.92 Å². The van der Waals surface area contributed by atoms with Gasteiger partial charge in [-0.15, -0.1) is 0 Å². The molecule has 0 aliphatic heterocycles. The lowest BCUT2D eigenvalue weighted by Crippen LogP contribution is -2.03. The van der Waals surface area contributed by atoms with Crippen LogP contribution in [-0.4, -0.2) is 15.8 Å². The number of hydrogen-bond donors (Lipinski definition) is 1. The fourth-order valence-corrected chi connectivity index (χ4v) is 3.00. The minimum absolute atomic E-state index is 0.00106. The Labute approximate surface area is 132 Å². The third-order valence-electron chi connectivity index (χ3n) is 3.18. The fourth-order valence-electron chi connectivity index (χ4n) is 2.19. The van der Waals surface area contributed by atoms with Gasteiger partial charge in [0.25, 0.3) is 0 Å². The molecule has 2 heterocycles. The molecule has 2 aromatic heterocycles. The zero-order valence-electron chi connectivity index (χ0n) is 10.6. The van der Waals surface area contributed by atoms with Crippen LogP contribution in [-0.2, 0) is 0 Å². The third-order valence-corrected chi connectivity index (χ3v) is 4.10. The molecule has 0 aliphatic rings. The molecule has 5 heteroatoms. The summed E-state index contributed by atoms with van der Waals surface area (Å²) >= 11 is 6.80. The molecule has 0 saturated carbocycles. The topological polar surface area (TPSA) is 45.8 Å². The molecule has 0 saturated heterocycles.